The second kappa shape index (κ2) is 3.85. The Morgan fingerprint density at radius 1 is 1.33 bits per heavy atom. The molecule has 0 aliphatic carbocycles. The predicted octanol–water partition coefficient (Wildman–Crippen LogP) is 2.79. The van der Waals surface area contributed by atoms with Gasteiger partial charge in [0.1, 0.15) is 5.82 Å². The summed E-state index contributed by atoms with van der Waals surface area (Å²) < 4.78 is 0. The average Bonchev–Trinajstić information content (AvgIpc) is 2.27. The van der Waals surface area contributed by atoms with Crippen molar-refractivity contribution in [1.29, 1.82) is 0 Å². The minimum atomic E-state index is 0.432. The first-order valence-corrected chi connectivity index (χ1v) is 5.15. The van der Waals surface area contributed by atoms with Gasteiger partial charge in [-0.25, -0.2) is 4.98 Å². The number of hydrogen-bond donors (Lipinski definition) is 1. The summed E-state index contributed by atoms with van der Waals surface area (Å²) in [6.45, 7) is 4.29. The molecule has 2 rings (SSSR count). The second-order valence-corrected chi connectivity index (χ2v) is 3.90. The molecule has 0 bridgehead atoms. The van der Waals surface area contributed by atoms with E-state index in [0.29, 0.717) is 5.92 Å². The Bertz CT molecular complexity index is 477. The fourth-order valence-corrected chi connectivity index (χ4v) is 1.60. The van der Waals surface area contributed by atoms with Gasteiger partial charge in [0.2, 0.25) is 0 Å². The molecule has 0 fully saturated rings. The number of nitrogens with zero attached hydrogens (tertiary/aromatic N) is 2. The highest BCUT2D eigenvalue weighted by Crippen LogP contribution is 2.24. The van der Waals surface area contributed by atoms with Gasteiger partial charge in [-0.3, -0.25) is 4.98 Å². The number of nitrogens with one attached hydrogen (secondary N) is 1. The molecule has 0 aromatic carbocycles. The van der Waals surface area contributed by atoms with Gasteiger partial charge in [-0.1, -0.05) is 13.8 Å². The van der Waals surface area contributed by atoms with Crippen LogP contribution in [0.2, 0.25) is 0 Å². The third-order valence-corrected chi connectivity index (χ3v) is 2.48. The lowest BCUT2D eigenvalue weighted by atomic mass is 10.1. The van der Waals surface area contributed by atoms with Crippen molar-refractivity contribution in [1.82, 2.24) is 9.97 Å². The quantitative estimate of drug-likeness (QED) is 0.811. The van der Waals surface area contributed by atoms with E-state index < -0.39 is 0 Å². The van der Waals surface area contributed by atoms with Crippen LogP contribution in [0.3, 0.4) is 0 Å². The maximum absolute atomic E-state index is 4.58. The molecule has 0 amide bonds. The highest BCUT2D eigenvalue weighted by molar-refractivity contribution is 5.91. The molecule has 0 spiro atoms. The number of rotatable bonds is 2. The van der Waals surface area contributed by atoms with Gasteiger partial charge in [0.25, 0.3) is 0 Å². The van der Waals surface area contributed by atoms with Crippen molar-refractivity contribution >= 4 is 16.6 Å². The molecule has 0 saturated heterocycles. The van der Waals surface area contributed by atoms with Gasteiger partial charge in [0.15, 0.2) is 0 Å². The molecule has 3 heteroatoms. The van der Waals surface area contributed by atoms with E-state index >= 15 is 0 Å². The Labute approximate surface area is 89.6 Å². The fraction of sp³-hybridized carbons (Fsp3) is 0.333. The number of pyridine rings is 2. The van der Waals surface area contributed by atoms with Gasteiger partial charge >= 0.3 is 0 Å². The third kappa shape index (κ3) is 1.77. The standard InChI is InChI=1S/C12H15N3/c1-8(2)11-6-9-7-14-5-4-10(9)12(13-3)15-11/h4-8H,1-3H3,(H,13,15). The Morgan fingerprint density at radius 2 is 2.13 bits per heavy atom. The van der Waals surface area contributed by atoms with Crippen molar-refractivity contribution in [2.24, 2.45) is 0 Å². The molecular weight excluding hydrogens is 186 g/mol. The summed E-state index contributed by atoms with van der Waals surface area (Å²) in [6.07, 6.45) is 3.67. The molecule has 1 N–H and O–H groups in total. The Morgan fingerprint density at radius 3 is 2.80 bits per heavy atom. The summed E-state index contributed by atoms with van der Waals surface area (Å²) in [5, 5.41) is 5.39. The maximum Gasteiger partial charge on any atom is 0.134 e. The normalized spacial score (nSPS) is 10.9. The average molecular weight is 201 g/mol. The second-order valence-electron chi connectivity index (χ2n) is 3.90. The van der Waals surface area contributed by atoms with Crippen molar-refractivity contribution in [3.8, 4) is 0 Å². The van der Waals surface area contributed by atoms with Gasteiger partial charge in [-0.15, -0.1) is 0 Å². The lowest BCUT2D eigenvalue weighted by molar-refractivity contribution is 0.827. The van der Waals surface area contributed by atoms with E-state index in [0.717, 1.165) is 22.3 Å². The topological polar surface area (TPSA) is 37.8 Å². The Balaban J connectivity index is 2.71. The molecule has 0 aliphatic heterocycles. The largest absolute Gasteiger partial charge is 0.373 e. The van der Waals surface area contributed by atoms with Crippen LogP contribution in [0.15, 0.2) is 24.5 Å². The zero-order chi connectivity index (χ0) is 10.8. The molecule has 15 heavy (non-hydrogen) atoms. The van der Waals surface area contributed by atoms with Gasteiger partial charge in [0, 0.05) is 35.9 Å². The molecular formula is C12H15N3. The van der Waals surface area contributed by atoms with Crippen LogP contribution in [0.25, 0.3) is 10.8 Å². The fourth-order valence-electron chi connectivity index (χ4n) is 1.60. The van der Waals surface area contributed by atoms with Crippen LogP contribution < -0.4 is 5.32 Å². The summed E-state index contributed by atoms with van der Waals surface area (Å²) in [6, 6.07) is 4.09. The maximum atomic E-state index is 4.58. The van der Waals surface area contributed by atoms with Crippen LogP contribution in [0.1, 0.15) is 25.5 Å². The summed E-state index contributed by atoms with van der Waals surface area (Å²) in [5.74, 6) is 1.36. The molecule has 0 atom stereocenters. The van der Waals surface area contributed by atoms with E-state index in [-0.39, 0.29) is 0 Å². The third-order valence-electron chi connectivity index (χ3n) is 2.48. The lowest BCUT2D eigenvalue weighted by Gasteiger charge is -2.10. The minimum Gasteiger partial charge on any atom is -0.373 e. The molecule has 2 aromatic heterocycles. The van der Waals surface area contributed by atoms with Crippen LogP contribution >= 0.6 is 0 Å². The van der Waals surface area contributed by atoms with Crippen molar-refractivity contribution in [3.63, 3.8) is 0 Å². The zero-order valence-corrected chi connectivity index (χ0v) is 9.28. The van der Waals surface area contributed by atoms with Gasteiger partial charge in [-0.05, 0) is 18.1 Å². The highest BCUT2D eigenvalue weighted by atomic mass is 15.0. The lowest BCUT2D eigenvalue weighted by Crippen LogP contribution is -1.99. The van der Waals surface area contributed by atoms with Crippen molar-refractivity contribution in [3.05, 3.63) is 30.2 Å². The summed E-state index contributed by atoms with van der Waals surface area (Å²) in [5.41, 5.74) is 1.10. The molecule has 3 nitrogen and oxygen atoms in total. The van der Waals surface area contributed by atoms with Crippen LogP contribution in [-0.2, 0) is 0 Å². The van der Waals surface area contributed by atoms with Crippen LogP contribution in [0.4, 0.5) is 5.82 Å². The number of anilines is 1. The van der Waals surface area contributed by atoms with Gasteiger partial charge in [0.05, 0.1) is 0 Å². The minimum absolute atomic E-state index is 0.432. The SMILES string of the molecule is CNc1nc(C(C)C)cc2cnccc12. The monoisotopic (exact) mass is 201 g/mol. The van der Waals surface area contributed by atoms with Crippen molar-refractivity contribution < 1.29 is 0 Å². The smallest absolute Gasteiger partial charge is 0.134 e. The number of aromatic nitrogens is 2. The zero-order valence-electron chi connectivity index (χ0n) is 9.28. The van der Waals surface area contributed by atoms with E-state index in [1.54, 1.807) is 6.20 Å². The number of fused-ring (bicyclic) bond motifs is 1. The predicted molar refractivity (Wildman–Crippen MR) is 63.2 cm³/mol. The molecule has 78 valence electrons. The molecule has 0 saturated carbocycles. The molecule has 0 aliphatic rings. The van der Waals surface area contributed by atoms with E-state index in [1.807, 2.05) is 19.3 Å². The van der Waals surface area contributed by atoms with Crippen LogP contribution in [0, 0.1) is 0 Å². The number of hydrogen-bond acceptors (Lipinski definition) is 3. The molecule has 2 aromatic rings. The van der Waals surface area contributed by atoms with E-state index in [1.165, 1.54) is 0 Å². The molecule has 0 unspecified atom stereocenters. The van der Waals surface area contributed by atoms with Crippen molar-refractivity contribution in [2.45, 2.75) is 19.8 Å². The molecule has 0 radical (unpaired) electrons. The first-order valence-electron chi connectivity index (χ1n) is 5.15. The Kier molecular flexibility index (Phi) is 2.54. The summed E-state index contributed by atoms with van der Waals surface area (Å²) in [4.78, 5) is 8.71. The van der Waals surface area contributed by atoms with E-state index in [9.17, 15) is 0 Å². The van der Waals surface area contributed by atoms with E-state index in [2.05, 4.69) is 35.2 Å². The summed E-state index contributed by atoms with van der Waals surface area (Å²) in [7, 11) is 1.90. The van der Waals surface area contributed by atoms with Gasteiger partial charge < -0.3 is 5.32 Å². The van der Waals surface area contributed by atoms with Crippen LogP contribution in [0.5, 0.6) is 0 Å². The summed E-state index contributed by atoms with van der Waals surface area (Å²) >= 11 is 0. The van der Waals surface area contributed by atoms with Crippen LogP contribution in [-0.4, -0.2) is 17.0 Å². The van der Waals surface area contributed by atoms with Gasteiger partial charge in [-0.2, -0.15) is 0 Å². The highest BCUT2D eigenvalue weighted by Gasteiger charge is 2.06. The molecule has 2 heterocycles. The first-order chi connectivity index (χ1) is 7.22. The van der Waals surface area contributed by atoms with Crippen molar-refractivity contribution in [2.75, 3.05) is 12.4 Å². The first kappa shape index (κ1) is 9.90. The van der Waals surface area contributed by atoms with E-state index in [4.69, 9.17) is 0 Å². The Hall–Kier alpha value is -1.64.